The first-order valence-electron chi connectivity index (χ1n) is 4.32. The molecule has 0 aliphatic carbocycles. The summed E-state index contributed by atoms with van der Waals surface area (Å²) in [5, 5.41) is 0. The molecule has 1 heteroatoms. The first-order chi connectivity index (χ1) is 5.25. The van der Waals surface area contributed by atoms with Crippen molar-refractivity contribution in [1.29, 1.82) is 0 Å². The number of allylic oxidation sites excluding steroid dienone is 2. The van der Waals surface area contributed by atoms with E-state index in [4.69, 9.17) is 0 Å². The van der Waals surface area contributed by atoms with E-state index in [-0.39, 0.29) is 5.41 Å². The molecule has 0 aliphatic rings. The summed E-state index contributed by atoms with van der Waals surface area (Å²) in [7, 11) is 2.03. The van der Waals surface area contributed by atoms with Gasteiger partial charge in [-0.3, -0.25) is 0 Å². The SMILES string of the molecule is C=C(C)N(C)/C=C(\C)C(C)(C)C. The van der Waals surface area contributed by atoms with Gasteiger partial charge in [0.2, 0.25) is 0 Å². The average molecular weight is 167 g/mol. The van der Waals surface area contributed by atoms with Crippen LogP contribution in [0.4, 0.5) is 0 Å². The van der Waals surface area contributed by atoms with Gasteiger partial charge >= 0.3 is 0 Å². The van der Waals surface area contributed by atoms with Crippen LogP contribution in [0.2, 0.25) is 0 Å². The van der Waals surface area contributed by atoms with Crippen LogP contribution in [0, 0.1) is 5.41 Å². The Bertz CT molecular complexity index is 194. The van der Waals surface area contributed by atoms with E-state index in [0.29, 0.717) is 0 Å². The topological polar surface area (TPSA) is 3.24 Å². The highest BCUT2D eigenvalue weighted by Gasteiger charge is 2.12. The van der Waals surface area contributed by atoms with Gasteiger partial charge in [-0.05, 0) is 19.3 Å². The average Bonchev–Trinajstić information content (AvgIpc) is 1.85. The molecule has 0 saturated heterocycles. The highest BCUT2D eigenvalue weighted by atomic mass is 15.1. The van der Waals surface area contributed by atoms with E-state index < -0.39 is 0 Å². The molecule has 0 N–H and O–H groups in total. The molecule has 1 nitrogen and oxygen atoms in total. The molecule has 0 aromatic heterocycles. The van der Waals surface area contributed by atoms with Gasteiger partial charge in [0.1, 0.15) is 0 Å². The molecule has 0 spiro atoms. The van der Waals surface area contributed by atoms with E-state index in [1.165, 1.54) is 5.57 Å². The number of rotatable bonds is 2. The fourth-order valence-electron chi connectivity index (χ4n) is 0.594. The molecule has 0 aliphatic heterocycles. The molecule has 0 fully saturated rings. The third-order valence-electron chi connectivity index (χ3n) is 2.17. The lowest BCUT2D eigenvalue weighted by Crippen LogP contribution is -2.13. The largest absolute Gasteiger partial charge is 0.355 e. The molecule has 12 heavy (non-hydrogen) atoms. The second kappa shape index (κ2) is 3.79. The number of hydrogen-bond acceptors (Lipinski definition) is 1. The quantitative estimate of drug-likeness (QED) is 0.609. The van der Waals surface area contributed by atoms with Crippen LogP contribution in [-0.4, -0.2) is 11.9 Å². The summed E-state index contributed by atoms with van der Waals surface area (Å²) in [4.78, 5) is 2.06. The van der Waals surface area contributed by atoms with E-state index in [9.17, 15) is 0 Å². The molecule has 0 radical (unpaired) electrons. The van der Waals surface area contributed by atoms with Gasteiger partial charge in [0.05, 0.1) is 0 Å². The summed E-state index contributed by atoms with van der Waals surface area (Å²) in [5.74, 6) is 0. The number of nitrogens with zero attached hydrogens (tertiary/aromatic N) is 1. The maximum absolute atomic E-state index is 3.87. The van der Waals surface area contributed by atoms with Crippen molar-refractivity contribution >= 4 is 0 Å². The van der Waals surface area contributed by atoms with Crippen molar-refractivity contribution in [3.63, 3.8) is 0 Å². The maximum atomic E-state index is 3.87. The van der Waals surface area contributed by atoms with Crippen molar-refractivity contribution in [2.45, 2.75) is 34.6 Å². The van der Waals surface area contributed by atoms with Gasteiger partial charge in [-0.25, -0.2) is 0 Å². The Morgan fingerprint density at radius 1 is 1.25 bits per heavy atom. The second-order valence-electron chi connectivity index (χ2n) is 4.41. The van der Waals surface area contributed by atoms with Crippen molar-refractivity contribution in [2.24, 2.45) is 5.41 Å². The Balaban J connectivity index is 4.47. The molecule has 0 aromatic rings. The minimum absolute atomic E-state index is 0.254. The summed E-state index contributed by atoms with van der Waals surface area (Å²) in [6.07, 6.45) is 2.14. The van der Waals surface area contributed by atoms with Crippen molar-refractivity contribution < 1.29 is 0 Å². The Morgan fingerprint density at radius 3 is 1.92 bits per heavy atom. The van der Waals surface area contributed by atoms with Crippen LogP contribution in [0.3, 0.4) is 0 Å². The Morgan fingerprint density at radius 2 is 1.67 bits per heavy atom. The summed E-state index contributed by atoms with van der Waals surface area (Å²) >= 11 is 0. The predicted octanol–water partition coefficient (Wildman–Crippen LogP) is 3.40. The first kappa shape index (κ1) is 11.3. The smallest absolute Gasteiger partial charge is 0.0108 e. The fraction of sp³-hybridized carbons (Fsp3) is 0.636. The van der Waals surface area contributed by atoms with Crippen LogP contribution in [-0.2, 0) is 0 Å². The van der Waals surface area contributed by atoms with Crippen molar-refractivity contribution in [3.05, 3.63) is 24.0 Å². The predicted molar refractivity (Wildman–Crippen MR) is 55.8 cm³/mol. The molecule has 0 unspecified atom stereocenters. The van der Waals surface area contributed by atoms with Gasteiger partial charge in [-0.2, -0.15) is 0 Å². The summed E-state index contributed by atoms with van der Waals surface area (Å²) in [6.45, 7) is 14.7. The standard InChI is InChI=1S/C11H21N/c1-9(2)12(7)8-10(3)11(4,5)6/h8H,1H2,2-7H3/b10-8+. The maximum Gasteiger partial charge on any atom is 0.0108 e. The molecular formula is C11H21N. The lowest BCUT2D eigenvalue weighted by Gasteiger charge is -2.23. The zero-order valence-corrected chi connectivity index (χ0v) is 9.23. The van der Waals surface area contributed by atoms with Crippen LogP contribution in [0.15, 0.2) is 24.0 Å². The lowest BCUT2D eigenvalue weighted by atomic mass is 9.88. The molecule has 70 valence electrons. The van der Waals surface area contributed by atoms with Gasteiger partial charge in [-0.15, -0.1) is 0 Å². The molecule has 0 saturated carbocycles. The van der Waals surface area contributed by atoms with Crippen LogP contribution >= 0.6 is 0 Å². The molecule has 0 heterocycles. The zero-order valence-electron chi connectivity index (χ0n) is 9.23. The minimum atomic E-state index is 0.254. The summed E-state index contributed by atoms with van der Waals surface area (Å²) in [5.41, 5.74) is 2.69. The Hall–Kier alpha value is -0.720. The van der Waals surface area contributed by atoms with Gasteiger partial charge < -0.3 is 4.90 Å². The third kappa shape index (κ3) is 3.61. The monoisotopic (exact) mass is 167 g/mol. The summed E-state index contributed by atoms with van der Waals surface area (Å²) in [6, 6.07) is 0. The van der Waals surface area contributed by atoms with E-state index >= 15 is 0 Å². The van der Waals surface area contributed by atoms with Crippen molar-refractivity contribution in [1.82, 2.24) is 4.90 Å². The van der Waals surface area contributed by atoms with E-state index in [0.717, 1.165) is 5.70 Å². The van der Waals surface area contributed by atoms with Crippen molar-refractivity contribution in [3.8, 4) is 0 Å². The van der Waals surface area contributed by atoms with Crippen LogP contribution in [0.5, 0.6) is 0 Å². The van der Waals surface area contributed by atoms with Gasteiger partial charge in [0, 0.05) is 18.9 Å². The highest BCUT2D eigenvalue weighted by Crippen LogP contribution is 2.24. The third-order valence-corrected chi connectivity index (χ3v) is 2.17. The Kier molecular flexibility index (Phi) is 3.56. The second-order valence-corrected chi connectivity index (χ2v) is 4.41. The van der Waals surface area contributed by atoms with Gasteiger partial charge in [0.15, 0.2) is 0 Å². The molecule has 0 amide bonds. The first-order valence-corrected chi connectivity index (χ1v) is 4.32. The van der Waals surface area contributed by atoms with E-state index in [1.54, 1.807) is 0 Å². The van der Waals surface area contributed by atoms with Crippen LogP contribution in [0.1, 0.15) is 34.6 Å². The Labute approximate surface area is 76.8 Å². The van der Waals surface area contributed by atoms with Crippen LogP contribution in [0.25, 0.3) is 0 Å². The van der Waals surface area contributed by atoms with Gasteiger partial charge in [-0.1, -0.05) is 32.9 Å². The van der Waals surface area contributed by atoms with E-state index in [1.807, 2.05) is 14.0 Å². The molecule has 0 bridgehead atoms. The number of hydrogen-bond donors (Lipinski definition) is 0. The van der Waals surface area contributed by atoms with Crippen LogP contribution < -0.4 is 0 Å². The molecule has 0 rings (SSSR count). The van der Waals surface area contributed by atoms with E-state index in [2.05, 4.69) is 45.4 Å². The van der Waals surface area contributed by atoms with Gasteiger partial charge in [0.25, 0.3) is 0 Å². The fourth-order valence-corrected chi connectivity index (χ4v) is 0.594. The zero-order chi connectivity index (χ0) is 9.94. The molecule has 0 atom stereocenters. The highest BCUT2D eigenvalue weighted by molar-refractivity contribution is 5.09. The minimum Gasteiger partial charge on any atom is -0.355 e. The molecule has 0 aromatic carbocycles. The van der Waals surface area contributed by atoms with Crippen molar-refractivity contribution in [2.75, 3.05) is 7.05 Å². The molecular weight excluding hydrogens is 146 g/mol. The lowest BCUT2D eigenvalue weighted by molar-refractivity contribution is 0.475. The summed E-state index contributed by atoms with van der Waals surface area (Å²) < 4.78 is 0. The normalized spacial score (nSPS) is 13.0.